The largest absolute Gasteiger partial charge is 0.451 e. The van der Waals surface area contributed by atoms with Crippen LogP contribution < -0.4 is 5.32 Å². The minimum Gasteiger partial charge on any atom is -0.325 e. The van der Waals surface area contributed by atoms with Gasteiger partial charge in [0.25, 0.3) is 0 Å². The Bertz CT molecular complexity index is 714. The number of carbonyl (C=O) groups excluding carboxylic acids is 1. The van der Waals surface area contributed by atoms with Gasteiger partial charge in [0.2, 0.25) is 11.7 Å². The summed E-state index contributed by atoms with van der Waals surface area (Å²) in [6, 6.07) is 7.25. The Morgan fingerprint density at radius 2 is 2.04 bits per heavy atom. The van der Waals surface area contributed by atoms with E-state index in [9.17, 15) is 18.0 Å². The maximum absolute atomic E-state index is 12.7. The highest BCUT2D eigenvalue weighted by molar-refractivity contribution is 8.00. The van der Waals surface area contributed by atoms with Crippen molar-refractivity contribution >= 4 is 23.4 Å². The van der Waals surface area contributed by atoms with Crippen molar-refractivity contribution in [2.75, 3.05) is 5.32 Å². The number of nitrogens with zero attached hydrogens (tertiary/aromatic N) is 3. The van der Waals surface area contributed by atoms with E-state index in [1.807, 2.05) is 13.0 Å². The topological polar surface area (TPSA) is 59.8 Å². The van der Waals surface area contributed by atoms with E-state index in [-0.39, 0.29) is 11.1 Å². The molecule has 1 atom stereocenters. The first-order valence-electron chi connectivity index (χ1n) is 6.69. The van der Waals surface area contributed by atoms with E-state index in [2.05, 4.69) is 15.5 Å². The Kier molecular flexibility index (Phi) is 4.98. The molecule has 0 bridgehead atoms. The molecule has 0 fully saturated rings. The molecule has 0 unspecified atom stereocenters. The quantitative estimate of drug-likeness (QED) is 0.865. The zero-order chi connectivity index (χ0) is 17.2. The van der Waals surface area contributed by atoms with Crippen LogP contribution in [0.4, 0.5) is 18.9 Å². The molecule has 0 radical (unpaired) electrons. The third-order valence-electron chi connectivity index (χ3n) is 3.03. The third-order valence-corrected chi connectivity index (χ3v) is 4.16. The van der Waals surface area contributed by atoms with Crippen molar-refractivity contribution < 1.29 is 18.0 Å². The molecule has 1 aromatic heterocycles. The van der Waals surface area contributed by atoms with Crippen LogP contribution in [0.25, 0.3) is 0 Å². The Morgan fingerprint density at radius 3 is 2.61 bits per heavy atom. The highest BCUT2D eigenvalue weighted by Crippen LogP contribution is 2.31. The van der Waals surface area contributed by atoms with Crippen molar-refractivity contribution in [3.63, 3.8) is 0 Å². The van der Waals surface area contributed by atoms with Gasteiger partial charge in [-0.05, 0) is 31.5 Å². The molecular formula is C14H15F3N4OS. The summed E-state index contributed by atoms with van der Waals surface area (Å²) in [5.41, 5.74) is 1.63. The molecular weight excluding hydrogens is 329 g/mol. The Labute approximate surface area is 135 Å². The lowest BCUT2D eigenvalue weighted by atomic mass is 10.2. The van der Waals surface area contributed by atoms with Gasteiger partial charge < -0.3 is 9.88 Å². The highest BCUT2D eigenvalue weighted by Gasteiger charge is 2.37. The number of rotatable bonds is 4. The summed E-state index contributed by atoms with van der Waals surface area (Å²) < 4.78 is 38.8. The molecule has 0 saturated heterocycles. The second kappa shape index (κ2) is 6.61. The predicted molar refractivity (Wildman–Crippen MR) is 81.1 cm³/mol. The number of carbonyl (C=O) groups is 1. The van der Waals surface area contributed by atoms with Crippen molar-refractivity contribution in [2.24, 2.45) is 7.05 Å². The second-order valence-electron chi connectivity index (χ2n) is 4.98. The van der Waals surface area contributed by atoms with Crippen molar-refractivity contribution in [3.05, 3.63) is 35.7 Å². The summed E-state index contributed by atoms with van der Waals surface area (Å²) in [5.74, 6) is -1.41. The van der Waals surface area contributed by atoms with E-state index in [4.69, 9.17) is 0 Å². The molecule has 1 heterocycles. The number of aryl methyl sites for hydroxylation is 1. The van der Waals surface area contributed by atoms with Crippen molar-refractivity contribution in [1.29, 1.82) is 0 Å². The average molecular weight is 344 g/mol. The number of alkyl halides is 3. The Hall–Kier alpha value is -2.03. The average Bonchev–Trinajstić information content (AvgIpc) is 2.80. The third kappa shape index (κ3) is 4.25. The maximum Gasteiger partial charge on any atom is 0.451 e. The summed E-state index contributed by atoms with van der Waals surface area (Å²) >= 11 is 0.916. The minimum absolute atomic E-state index is 0.0317. The number of nitrogens with one attached hydrogen (secondary N) is 1. The summed E-state index contributed by atoms with van der Waals surface area (Å²) in [5, 5.41) is 8.76. The van der Waals surface area contributed by atoms with Gasteiger partial charge in [-0.2, -0.15) is 13.2 Å². The Morgan fingerprint density at radius 1 is 1.35 bits per heavy atom. The fourth-order valence-corrected chi connectivity index (χ4v) is 2.66. The van der Waals surface area contributed by atoms with Gasteiger partial charge in [0.05, 0.1) is 5.25 Å². The molecule has 1 amide bonds. The Balaban J connectivity index is 2.06. The van der Waals surface area contributed by atoms with Gasteiger partial charge in [-0.25, -0.2) is 0 Å². The van der Waals surface area contributed by atoms with Crippen LogP contribution in [0, 0.1) is 6.92 Å². The molecule has 124 valence electrons. The molecule has 2 aromatic rings. The van der Waals surface area contributed by atoms with Crippen LogP contribution in [0.5, 0.6) is 0 Å². The lowest BCUT2D eigenvalue weighted by Crippen LogP contribution is -2.23. The number of anilines is 1. The van der Waals surface area contributed by atoms with Crippen molar-refractivity contribution in [3.8, 4) is 0 Å². The summed E-state index contributed by atoms with van der Waals surface area (Å²) in [6.07, 6.45) is -4.58. The number of aromatic nitrogens is 3. The first-order chi connectivity index (χ1) is 10.7. The summed E-state index contributed by atoms with van der Waals surface area (Å²) in [6.45, 7) is 3.49. The van der Waals surface area contributed by atoms with E-state index in [0.29, 0.717) is 5.69 Å². The van der Waals surface area contributed by atoms with Gasteiger partial charge in [0.1, 0.15) is 0 Å². The zero-order valence-corrected chi connectivity index (χ0v) is 13.5. The normalized spacial score (nSPS) is 13.0. The number of hydrogen-bond donors (Lipinski definition) is 1. The van der Waals surface area contributed by atoms with E-state index < -0.39 is 17.3 Å². The molecule has 0 aliphatic carbocycles. The SMILES string of the molecule is Cc1cccc(NC(=O)[C@@H](C)Sc2nnc(C(F)(F)F)n2C)c1. The van der Waals surface area contributed by atoms with Gasteiger partial charge in [0.15, 0.2) is 5.16 Å². The van der Waals surface area contributed by atoms with Crippen LogP contribution in [-0.4, -0.2) is 25.9 Å². The van der Waals surface area contributed by atoms with Gasteiger partial charge in [-0.1, -0.05) is 23.9 Å². The summed E-state index contributed by atoms with van der Waals surface area (Å²) in [4.78, 5) is 12.1. The van der Waals surface area contributed by atoms with Crippen LogP contribution in [-0.2, 0) is 18.0 Å². The first kappa shape index (κ1) is 17.3. The molecule has 9 heteroatoms. The van der Waals surface area contributed by atoms with Crippen LogP contribution in [0.15, 0.2) is 29.4 Å². The fourth-order valence-electron chi connectivity index (χ4n) is 1.84. The number of hydrogen-bond acceptors (Lipinski definition) is 4. The number of halogens is 3. The molecule has 1 N–H and O–H groups in total. The minimum atomic E-state index is -4.58. The molecule has 2 rings (SSSR count). The lowest BCUT2D eigenvalue weighted by molar-refractivity contribution is -0.147. The molecule has 0 spiro atoms. The van der Waals surface area contributed by atoms with E-state index >= 15 is 0 Å². The van der Waals surface area contributed by atoms with Gasteiger partial charge in [-0.3, -0.25) is 4.79 Å². The summed E-state index contributed by atoms with van der Waals surface area (Å²) in [7, 11) is 1.22. The molecule has 5 nitrogen and oxygen atoms in total. The molecule has 1 aromatic carbocycles. The first-order valence-corrected chi connectivity index (χ1v) is 7.57. The smallest absolute Gasteiger partial charge is 0.325 e. The second-order valence-corrected chi connectivity index (χ2v) is 6.29. The maximum atomic E-state index is 12.7. The van der Waals surface area contributed by atoms with Gasteiger partial charge in [-0.15, -0.1) is 10.2 Å². The number of thioether (sulfide) groups is 1. The number of amides is 1. The van der Waals surface area contributed by atoms with E-state index in [0.717, 1.165) is 21.9 Å². The van der Waals surface area contributed by atoms with Crippen molar-refractivity contribution in [2.45, 2.75) is 30.4 Å². The van der Waals surface area contributed by atoms with Crippen molar-refractivity contribution in [1.82, 2.24) is 14.8 Å². The fraction of sp³-hybridized carbons (Fsp3) is 0.357. The molecule has 0 aliphatic rings. The molecule has 0 aliphatic heterocycles. The monoisotopic (exact) mass is 344 g/mol. The van der Waals surface area contributed by atoms with Crippen LogP contribution >= 0.6 is 11.8 Å². The van der Waals surface area contributed by atoms with Crippen LogP contribution in [0.3, 0.4) is 0 Å². The van der Waals surface area contributed by atoms with Crippen LogP contribution in [0.2, 0.25) is 0 Å². The van der Waals surface area contributed by atoms with E-state index in [1.54, 1.807) is 25.1 Å². The number of benzene rings is 1. The highest BCUT2D eigenvalue weighted by atomic mass is 32.2. The van der Waals surface area contributed by atoms with E-state index in [1.165, 1.54) is 7.05 Å². The molecule has 0 saturated carbocycles. The van der Waals surface area contributed by atoms with Gasteiger partial charge >= 0.3 is 6.18 Å². The molecule has 23 heavy (non-hydrogen) atoms. The standard InChI is InChI=1S/C14H15F3N4OS/c1-8-5-4-6-10(7-8)18-11(22)9(2)23-13-20-19-12(21(13)3)14(15,16)17/h4-7,9H,1-3H3,(H,18,22)/t9-/m1/s1. The van der Waals surface area contributed by atoms with Crippen LogP contribution in [0.1, 0.15) is 18.3 Å². The van der Waals surface area contributed by atoms with Gasteiger partial charge in [0, 0.05) is 12.7 Å². The predicted octanol–water partition coefficient (Wildman–Crippen LogP) is 3.26. The lowest BCUT2D eigenvalue weighted by Gasteiger charge is -2.12. The zero-order valence-electron chi connectivity index (χ0n) is 12.7.